The summed E-state index contributed by atoms with van der Waals surface area (Å²) in [7, 11) is 0. The average molecular weight is 192 g/mol. The topological polar surface area (TPSA) is 37.3 Å². The van der Waals surface area contributed by atoms with Crippen LogP contribution in [-0.2, 0) is 17.6 Å². The van der Waals surface area contributed by atoms with Crippen LogP contribution in [0.4, 0.5) is 0 Å². The van der Waals surface area contributed by atoms with Crippen LogP contribution in [0, 0.1) is 0 Å². The second-order valence-electron chi connectivity index (χ2n) is 3.44. The summed E-state index contributed by atoms with van der Waals surface area (Å²) in [5.74, 6) is -0.756. The summed E-state index contributed by atoms with van der Waals surface area (Å²) in [6.07, 6.45) is 3.39. The lowest BCUT2D eigenvalue weighted by Crippen LogP contribution is -2.03. The molecule has 14 heavy (non-hydrogen) atoms. The highest BCUT2D eigenvalue weighted by atomic mass is 16.4. The van der Waals surface area contributed by atoms with Crippen LogP contribution in [0.25, 0.3) is 0 Å². The minimum Gasteiger partial charge on any atom is -0.481 e. The van der Waals surface area contributed by atoms with E-state index in [1.165, 1.54) is 5.56 Å². The van der Waals surface area contributed by atoms with Gasteiger partial charge in [0.25, 0.3) is 0 Å². The SMILES string of the molecule is CCCCc1ccccc1CC(=O)O. The van der Waals surface area contributed by atoms with Gasteiger partial charge in [-0.1, -0.05) is 37.6 Å². The molecule has 0 bridgehead atoms. The van der Waals surface area contributed by atoms with Gasteiger partial charge in [-0.15, -0.1) is 0 Å². The van der Waals surface area contributed by atoms with Crippen LogP contribution in [0.15, 0.2) is 24.3 Å². The zero-order chi connectivity index (χ0) is 10.4. The number of hydrogen-bond donors (Lipinski definition) is 1. The quantitative estimate of drug-likeness (QED) is 0.778. The molecule has 0 aliphatic rings. The van der Waals surface area contributed by atoms with Gasteiger partial charge in [0.2, 0.25) is 0 Å². The van der Waals surface area contributed by atoms with Crippen molar-refractivity contribution in [3.05, 3.63) is 35.4 Å². The molecule has 0 amide bonds. The number of hydrogen-bond acceptors (Lipinski definition) is 1. The first kappa shape index (κ1) is 10.8. The molecule has 0 aliphatic carbocycles. The molecule has 2 nitrogen and oxygen atoms in total. The molecule has 0 fully saturated rings. The van der Waals surface area contributed by atoms with Crippen molar-refractivity contribution in [2.75, 3.05) is 0 Å². The van der Waals surface area contributed by atoms with Gasteiger partial charge < -0.3 is 5.11 Å². The summed E-state index contributed by atoms with van der Waals surface area (Å²) >= 11 is 0. The fraction of sp³-hybridized carbons (Fsp3) is 0.417. The summed E-state index contributed by atoms with van der Waals surface area (Å²) in [5, 5.41) is 8.72. The lowest BCUT2D eigenvalue weighted by Gasteiger charge is -2.06. The van der Waals surface area contributed by atoms with E-state index in [1.54, 1.807) is 0 Å². The van der Waals surface area contributed by atoms with Gasteiger partial charge in [0, 0.05) is 0 Å². The Labute approximate surface area is 84.6 Å². The summed E-state index contributed by atoms with van der Waals surface area (Å²) in [6.45, 7) is 2.14. The molecule has 1 rings (SSSR count). The maximum Gasteiger partial charge on any atom is 0.307 e. The normalized spacial score (nSPS) is 10.1. The van der Waals surface area contributed by atoms with Gasteiger partial charge in [0.15, 0.2) is 0 Å². The van der Waals surface area contributed by atoms with Gasteiger partial charge in [0.05, 0.1) is 6.42 Å². The van der Waals surface area contributed by atoms with Crippen LogP contribution < -0.4 is 0 Å². The highest BCUT2D eigenvalue weighted by Gasteiger charge is 2.04. The number of rotatable bonds is 5. The van der Waals surface area contributed by atoms with E-state index in [0.717, 1.165) is 24.8 Å². The van der Waals surface area contributed by atoms with Crippen molar-refractivity contribution in [2.24, 2.45) is 0 Å². The van der Waals surface area contributed by atoms with Gasteiger partial charge >= 0.3 is 5.97 Å². The predicted molar refractivity (Wildman–Crippen MR) is 56.4 cm³/mol. The average Bonchev–Trinajstić information content (AvgIpc) is 2.16. The Morgan fingerprint density at radius 1 is 1.29 bits per heavy atom. The van der Waals surface area contributed by atoms with E-state index in [2.05, 4.69) is 6.92 Å². The standard InChI is InChI=1S/C12H16O2/c1-2-3-6-10-7-4-5-8-11(10)9-12(13)14/h4-5,7-8H,2-3,6,9H2,1H3,(H,13,14). The maximum absolute atomic E-state index is 10.6. The van der Waals surface area contributed by atoms with Crippen molar-refractivity contribution in [2.45, 2.75) is 32.6 Å². The van der Waals surface area contributed by atoms with Gasteiger partial charge in [-0.2, -0.15) is 0 Å². The third kappa shape index (κ3) is 3.21. The van der Waals surface area contributed by atoms with Crippen molar-refractivity contribution in [3.8, 4) is 0 Å². The van der Waals surface area contributed by atoms with Gasteiger partial charge in [-0.3, -0.25) is 4.79 Å². The molecule has 0 radical (unpaired) electrons. The summed E-state index contributed by atoms with van der Waals surface area (Å²) < 4.78 is 0. The monoisotopic (exact) mass is 192 g/mol. The molecule has 0 unspecified atom stereocenters. The lowest BCUT2D eigenvalue weighted by atomic mass is 10.00. The summed E-state index contributed by atoms with van der Waals surface area (Å²) in [4.78, 5) is 10.6. The first-order valence-electron chi connectivity index (χ1n) is 5.02. The first-order chi connectivity index (χ1) is 6.74. The lowest BCUT2D eigenvalue weighted by molar-refractivity contribution is -0.136. The molecular formula is C12H16O2. The predicted octanol–water partition coefficient (Wildman–Crippen LogP) is 2.66. The number of carboxylic acid groups (broad SMARTS) is 1. The Kier molecular flexibility index (Phi) is 4.17. The highest BCUT2D eigenvalue weighted by Crippen LogP contribution is 2.12. The van der Waals surface area contributed by atoms with Crippen LogP contribution >= 0.6 is 0 Å². The van der Waals surface area contributed by atoms with E-state index >= 15 is 0 Å². The van der Waals surface area contributed by atoms with E-state index in [-0.39, 0.29) is 6.42 Å². The molecule has 2 heteroatoms. The molecule has 0 heterocycles. The van der Waals surface area contributed by atoms with Crippen molar-refractivity contribution in [1.29, 1.82) is 0 Å². The zero-order valence-corrected chi connectivity index (χ0v) is 8.49. The van der Waals surface area contributed by atoms with E-state index in [9.17, 15) is 4.79 Å². The molecular weight excluding hydrogens is 176 g/mol. The Morgan fingerprint density at radius 2 is 1.93 bits per heavy atom. The Balaban J connectivity index is 2.74. The second kappa shape index (κ2) is 5.43. The van der Waals surface area contributed by atoms with Gasteiger partial charge in [-0.05, 0) is 24.0 Å². The van der Waals surface area contributed by atoms with Crippen molar-refractivity contribution in [1.82, 2.24) is 0 Å². The molecule has 0 spiro atoms. The molecule has 0 aliphatic heterocycles. The minimum atomic E-state index is -0.756. The van der Waals surface area contributed by atoms with Crippen LogP contribution in [0.2, 0.25) is 0 Å². The summed E-state index contributed by atoms with van der Waals surface area (Å²) in [6, 6.07) is 7.79. The largest absolute Gasteiger partial charge is 0.481 e. The molecule has 1 aromatic rings. The first-order valence-corrected chi connectivity index (χ1v) is 5.02. The van der Waals surface area contributed by atoms with Gasteiger partial charge in [-0.25, -0.2) is 0 Å². The molecule has 76 valence electrons. The summed E-state index contributed by atoms with van der Waals surface area (Å²) in [5.41, 5.74) is 2.13. The number of aliphatic carboxylic acids is 1. The van der Waals surface area contributed by atoms with E-state index in [4.69, 9.17) is 5.11 Å². The second-order valence-corrected chi connectivity index (χ2v) is 3.44. The highest BCUT2D eigenvalue weighted by molar-refractivity contribution is 5.70. The molecule has 0 atom stereocenters. The van der Waals surface area contributed by atoms with E-state index < -0.39 is 5.97 Å². The Hall–Kier alpha value is -1.31. The minimum absolute atomic E-state index is 0.139. The molecule has 1 N–H and O–H groups in total. The smallest absolute Gasteiger partial charge is 0.307 e. The number of aryl methyl sites for hydroxylation is 1. The van der Waals surface area contributed by atoms with Crippen LogP contribution in [-0.4, -0.2) is 11.1 Å². The number of carboxylic acids is 1. The number of carbonyl (C=O) groups is 1. The molecule has 0 aromatic heterocycles. The van der Waals surface area contributed by atoms with Crippen LogP contribution in [0.3, 0.4) is 0 Å². The third-order valence-corrected chi connectivity index (χ3v) is 2.26. The van der Waals surface area contributed by atoms with Crippen molar-refractivity contribution in [3.63, 3.8) is 0 Å². The van der Waals surface area contributed by atoms with Gasteiger partial charge in [0.1, 0.15) is 0 Å². The molecule has 0 saturated carbocycles. The van der Waals surface area contributed by atoms with Crippen molar-refractivity contribution < 1.29 is 9.90 Å². The molecule has 0 saturated heterocycles. The van der Waals surface area contributed by atoms with E-state index in [1.807, 2.05) is 24.3 Å². The number of benzene rings is 1. The zero-order valence-electron chi connectivity index (χ0n) is 8.49. The van der Waals surface area contributed by atoms with Crippen LogP contribution in [0.5, 0.6) is 0 Å². The molecule has 1 aromatic carbocycles. The Bertz CT molecular complexity index is 305. The third-order valence-electron chi connectivity index (χ3n) is 2.26. The fourth-order valence-electron chi connectivity index (χ4n) is 1.50. The maximum atomic E-state index is 10.6. The van der Waals surface area contributed by atoms with Crippen LogP contribution in [0.1, 0.15) is 30.9 Å². The van der Waals surface area contributed by atoms with Crippen molar-refractivity contribution >= 4 is 5.97 Å². The Morgan fingerprint density at radius 3 is 2.50 bits per heavy atom. The van der Waals surface area contributed by atoms with E-state index in [0.29, 0.717) is 0 Å². The number of unbranched alkanes of at least 4 members (excludes halogenated alkanes) is 1. The fourth-order valence-corrected chi connectivity index (χ4v) is 1.50.